The number of hydrogen-bond donors (Lipinski definition) is 1. The van der Waals surface area contributed by atoms with Crippen molar-refractivity contribution in [2.75, 3.05) is 20.8 Å². The van der Waals surface area contributed by atoms with Gasteiger partial charge in [0.25, 0.3) is 5.91 Å². The van der Waals surface area contributed by atoms with Crippen LogP contribution in [0.4, 0.5) is 0 Å². The Labute approximate surface area is 180 Å². The van der Waals surface area contributed by atoms with E-state index in [9.17, 15) is 14.7 Å². The van der Waals surface area contributed by atoms with Crippen molar-refractivity contribution in [1.82, 2.24) is 9.88 Å². The number of methoxy groups -OCH3 is 2. The van der Waals surface area contributed by atoms with Crippen molar-refractivity contribution in [3.8, 4) is 11.5 Å². The summed E-state index contributed by atoms with van der Waals surface area (Å²) in [5.41, 5.74) is 3.74. The summed E-state index contributed by atoms with van der Waals surface area (Å²) < 4.78 is 10.8. The Kier molecular flexibility index (Phi) is 5.50. The predicted molar refractivity (Wildman–Crippen MR) is 116 cm³/mol. The molecule has 2 heterocycles. The van der Waals surface area contributed by atoms with E-state index in [0.29, 0.717) is 30.0 Å². The molecule has 1 unspecified atom stereocenters. The molecule has 0 saturated heterocycles. The lowest BCUT2D eigenvalue weighted by Gasteiger charge is -2.37. The van der Waals surface area contributed by atoms with Gasteiger partial charge in [0, 0.05) is 17.6 Å². The van der Waals surface area contributed by atoms with Crippen LogP contribution in [-0.4, -0.2) is 47.6 Å². The smallest absolute Gasteiger partial charge is 0.305 e. The van der Waals surface area contributed by atoms with Crippen molar-refractivity contribution in [3.05, 3.63) is 64.8 Å². The molecule has 1 atom stereocenters. The van der Waals surface area contributed by atoms with E-state index in [1.54, 1.807) is 24.1 Å². The number of fused-ring (bicyclic) bond motifs is 2. The molecule has 7 nitrogen and oxygen atoms in total. The predicted octanol–water partition coefficient (Wildman–Crippen LogP) is 3.77. The summed E-state index contributed by atoms with van der Waals surface area (Å²) in [6, 6.07) is 12.3. The van der Waals surface area contributed by atoms with Crippen LogP contribution in [0.15, 0.2) is 42.5 Å². The first kappa shape index (κ1) is 20.7. The van der Waals surface area contributed by atoms with Crippen molar-refractivity contribution >= 4 is 22.8 Å². The zero-order valence-electron chi connectivity index (χ0n) is 17.7. The molecule has 0 bridgehead atoms. The molecule has 1 aliphatic heterocycles. The maximum atomic E-state index is 13.7. The SMILES string of the molecule is COc1cc2c(cc1OC)C(CC(=O)O)N(C(=O)c1cc(C)nc3ccccc13)CC2. The van der Waals surface area contributed by atoms with Gasteiger partial charge in [0.2, 0.25) is 0 Å². The first-order valence-electron chi connectivity index (χ1n) is 10.1. The van der Waals surface area contributed by atoms with E-state index in [1.807, 2.05) is 37.3 Å². The van der Waals surface area contributed by atoms with Crippen LogP contribution in [0.3, 0.4) is 0 Å². The second kappa shape index (κ2) is 8.26. The molecule has 31 heavy (non-hydrogen) atoms. The van der Waals surface area contributed by atoms with Gasteiger partial charge in [-0.3, -0.25) is 14.6 Å². The van der Waals surface area contributed by atoms with Gasteiger partial charge in [-0.2, -0.15) is 0 Å². The molecule has 4 rings (SSSR count). The number of nitrogens with zero attached hydrogens (tertiary/aromatic N) is 2. The fourth-order valence-corrected chi connectivity index (χ4v) is 4.30. The lowest BCUT2D eigenvalue weighted by Crippen LogP contribution is -2.41. The number of carbonyl (C=O) groups excluding carboxylic acids is 1. The number of benzene rings is 2. The molecule has 2 aromatic carbocycles. The van der Waals surface area contributed by atoms with Crippen molar-refractivity contribution in [2.24, 2.45) is 0 Å². The maximum Gasteiger partial charge on any atom is 0.305 e. The van der Waals surface area contributed by atoms with E-state index in [-0.39, 0.29) is 12.3 Å². The molecular weight excluding hydrogens is 396 g/mol. The third-order valence-electron chi connectivity index (χ3n) is 5.71. The molecule has 1 aliphatic rings. The van der Waals surface area contributed by atoms with Crippen molar-refractivity contribution in [3.63, 3.8) is 0 Å². The highest BCUT2D eigenvalue weighted by atomic mass is 16.5. The number of amides is 1. The van der Waals surface area contributed by atoms with Gasteiger partial charge in [0.1, 0.15) is 0 Å². The van der Waals surface area contributed by atoms with Crippen LogP contribution in [0.5, 0.6) is 11.5 Å². The lowest BCUT2D eigenvalue weighted by molar-refractivity contribution is -0.138. The van der Waals surface area contributed by atoms with Crippen LogP contribution in [0, 0.1) is 6.92 Å². The van der Waals surface area contributed by atoms with Crippen LogP contribution >= 0.6 is 0 Å². The second-order valence-corrected chi connectivity index (χ2v) is 7.60. The summed E-state index contributed by atoms with van der Waals surface area (Å²) >= 11 is 0. The number of carboxylic acid groups (broad SMARTS) is 1. The van der Waals surface area contributed by atoms with Gasteiger partial charge < -0.3 is 19.5 Å². The minimum atomic E-state index is -0.971. The average molecular weight is 420 g/mol. The first-order valence-corrected chi connectivity index (χ1v) is 10.1. The number of para-hydroxylation sites is 1. The molecule has 0 saturated carbocycles. The highest BCUT2D eigenvalue weighted by Gasteiger charge is 2.34. The van der Waals surface area contributed by atoms with E-state index in [2.05, 4.69) is 4.98 Å². The summed E-state index contributed by atoms with van der Waals surface area (Å²) in [5, 5.41) is 10.4. The number of rotatable bonds is 5. The number of carboxylic acids is 1. The standard InChI is InChI=1S/C24H24N2O5/c1-14-10-18(16-6-4-5-7-19(16)25-14)24(29)26-9-8-15-11-21(30-2)22(31-3)12-17(15)20(26)13-23(27)28/h4-7,10-12,20H,8-9,13H2,1-3H3,(H,27,28). The molecule has 7 heteroatoms. The van der Waals surface area contributed by atoms with Crippen molar-refractivity contribution in [2.45, 2.75) is 25.8 Å². The van der Waals surface area contributed by atoms with Crippen LogP contribution in [0.1, 0.15) is 39.6 Å². The van der Waals surface area contributed by atoms with E-state index in [4.69, 9.17) is 9.47 Å². The third-order valence-corrected chi connectivity index (χ3v) is 5.71. The topological polar surface area (TPSA) is 89.0 Å². The van der Waals surface area contributed by atoms with Crippen LogP contribution in [0.2, 0.25) is 0 Å². The second-order valence-electron chi connectivity index (χ2n) is 7.60. The Morgan fingerprint density at radius 1 is 1.13 bits per heavy atom. The van der Waals surface area contributed by atoms with Gasteiger partial charge in [-0.1, -0.05) is 18.2 Å². The number of hydrogen-bond acceptors (Lipinski definition) is 5. The Morgan fingerprint density at radius 3 is 2.55 bits per heavy atom. The number of aryl methyl sites for hydroxylation is 1. The molecule has 0 aliphatic carbocycles. The van der Waals surface area contributed by atoms with Crippen LogP contribution < -0.4 is 9.47 Å². The zero-order chi connectivity index (χ0) is 22.1. The van der Waals surface area contributed by atoms with Gasteiger partial charge in [-0.15, -0.1) is 0 Å². The average Bonchev–Trinajstić information content (AvgIpc) is 2.76. The highest BCUT2D eigenvalue weighted by molar-refractivity contribution is 6.06. The zero-order valence-corrected chi connectivity index (χ0v) is 17.7. The van der Waals surface area contributed by atoms with E-state index >= 15 is 0 Å². The molecule has 0 spiro atoms. The largest absolute Gasteiger partial charge is 0.493 e. The van der Waals surface area contributed by atoms with Crippen molar-refractivity contribution < 1.29 is 24.2 Å². The maximum absolute atomic E-state index is 13.7. The molecule has 1 aromatic heterocycles. The van der Waals surface area contributed by atoms with Crippen LogP contribution in [-0.2, 0) is 11.2 Å². The summed E-state index contributed by atoms with van der Waals surface area (Å²) in [4.78, 5) is 31.6. The quantitative estimate of drug-likeness (QED) is 0.676. The third kappa shape index (κ3) is 3.79. The van der Waals surface area contributed by atoms with Gasteiger partial charge in [-0.05, 0) is 48.7 Å². The van der Waals surface area contributed by atoms with Gasteiger partial charge in [0.15, 0.2) is 11.5 Å². The molecule has 160 valence electrons. The Morgan fingerprint density at radius 2 is 1.84 bits per heavy atom. The van der Waals surface area contributed by atoms with Gasteiger partial charge in [-0.25, -0.2) is 0 Å². The Hall–Kier alpha value is -3.61. The summed E-state index contributed by atoms with van der Waals surface area (Å²) in [6.07, 6.45) is 0.399. The van der Waals surface area contributed by atoms with E-state index < -0.39 is 12.0 Å². The summed E-state index contributed by atoms with van der Waals surface area (Å²) in [5.74, 6) is -0.0726. The minimum Gasteiger partial charge on any atom is -0.493 e. The highest BCUT2D eigenvalue weighted by Crippen LogP contribution is 2.40. The monoisotopic (exact) mass is 420 g/mol. The van der Waals surface area contributed by atoms with Crippen molar-refractivity contribution in [1.29, 1.82) is 0 Å². The van der Waals surface area contributed by atoms with E-state index in [1.165, 1.54) is 7.11 Å². The van der Waals surface area contributed by atoms with E-state index in [0.717, 1.165) is 27.7 Å². The normalized spacial score (nSPS) is 15.5. The summed E-state index contributed by atoms with van der Waals surface area (Å²) in [6.45, 7) is 2.26. The molecule has 3 aromatic rings. The molecule has 0 fully saturated rings. The summed E-state index contributed by atoms with van der Waals surface area (Å²) in [7, 11) is 3.10. The molecule has 1 amide bonds. The number of carbonyl (C=O) groups is 2. The number of aromatic nitrogens is 1. The number of ether oxygens (including phenoxy) is 2. The number of pyridine rings is 1. The fourth-order valence-electron chi connectivity index (χ4n) is 4.30. The minimum absolute atomic E-state index is 0.198. The fraction of sp³-hybridized carbons (Fsp3) is 0.292. The molecule has 1 N–H and O–H groups in total. The van der Waals surface area contributed by atoms with Gasteiger partial charge >= 0.3 is 5.97 Å². The molecular formula is C24H24N2O5. The lowest BCUT2D eigenvalue weighted by atomic mass is 9.89. The number of aliphatic carboxylic acids is 1. The molecule has 0 radical (unpaired) electrons. The van der Waals surface area contributed by atoms with Crippen LogP contribution in [0.25, 0.3) is 10.9 Å². The van der Waals surface area contributed by atoms with Gasteiger partial charge in [0.05, 0.1) is 37.8 Å². The Balaban J connectivity index is 1.82. The first-order chi connectivity index (χ1) is 14.9. The Bertz CT molecular complexity index is 1170.